The van der Waals surface area contributed by atoms with Crippen LogP contribution in [0.2, 0.25) is 0 Å². The predicted octanol–water partition coefficient (Wildman–Crippen LogP) is 3.90. The van der Waals surface area contributed by atoms with Gasteiger partial charge in [-0.05, 0) is 61.6 Å². The lowest BCUT2D eigenvalue weighted by Gasteiger charge is -2.32. The highest BCUT2D eigenvalue weighted by molar-refractivity contribution is 7.89. The lowest BCUT2D eigenvalue weighted by atomic mass is 9.91. The van der Waals surface area contributed by atoms with Gasteiger partial charge in [0.1, 0.15) is 11.9 Å². The van der Waals surface area contributed by atoms with E-state index in [1.54, 1.807) is 17.6 Å². The van der Waals surface area contributed by atoms with E-state index in [9.17, 15) is 32.8 Å². The number of aromatic nitrogens is 1. The zero-order chi connectivity index (χ0) is 24.8. The second-order valence-electron chi connectivity index (χ2n) is 8.39. The van der Waals surface area contributed by atoms with Crippen molar-refractivity contribution >= 4 is 32.6 Å². The summed E-state index contributed by atoms with van der Waals surface area (Å²) in [6.07, 6.45) is 1.52. The van der Waals surface area contributed by atoms with Gasteiger partial charge in [-0.1, -0.05) is 6.92 Å². The predicted molar refractivity (Wildman–Crippen MR) is 123 cm³/mol. The van der Waals surface area contributed by atoms with Crippen LogP contribution < -0.4 is 0 Å². The van der Waals surface area contributed by atoms with Crippen molar-refractivity contribution in [2.75, 3.05) is 7.05 Å². The summed E-state index contributed by atoms with van der Waals surface area (Å²) in [5, 5.41) is 21.2. The van der Waals surface area contributed by atoms with Crippen LogP contribution in [0.5, 0.6) is 0 Å². The topological polar surface area (TPSA) is 123 Å². The van der Waals surface area contributed by atoms with Crippen LogP contribution in [0.3, 0.4) is 0 Å². The summed E-state index contributed by atoms with van der Waals surface area (Å²) in [5.41, 5.74) is 1.94. The van der Waals surface area contributed by atoms with E-state index < -0.39 is 38.8 Å². The van der Waals surface area contributed by atoms with Crippen molar-refractivity contribution < 1.29 is 27.6 Å². The maximum atomic E-state index is 14.1. The van der Waals surface area contributed by atoms with Gasteiger partial charge in [-0.2, -0.15) is 4.31 Å². The molecule has 0 fully saturated rings. The highest BCUT2D eigenvalue weighted by atomic mass is 32.2. The summed E-state index contributed by atoms with van der Waals surface area (Å²) >= 11 is 0. The first-order valence-electron chi connectivity index (χ1n) is 10.8. The van der Waals surface area contributed by atoms with Gasteiger partial charge in [-0.25, -0.2) is 17.6 Å². The standard InChI is InChI=1S/C23H24FN3O6S/c1-3-20(23(28)29)26-21-10-4-14(24)12-18(21)19-13-16(7-11-22(19)26)25(2)34(32,33)17-8-5-15(6-9-17)27(30)31/h4-6,8-10,12,16,20H,3,7,11,13H2,1-2H3,(H,28,29)/t16-,20?/m0/s1. The van der Waals surface area contributed by atoms with Gasteiger partial charge in [0, 0.05) is 41.8 Å². The second-order valence-corrected chi connectivity index (χ2v) is 10.4. The Kier molecular flexibility index (Phi) is 6.17. The highest BCUT2D eigenvalue weighted by Crippen LogP contribution is 2.37. The van der Waals surface area contributed by atoms with E-state index in [1.807, 2.05) is 0 Å². The number of carbonyl (C=O) groups is 1. The molecular formula is C23H24FN3O6S. The van der Waals surface area contributed by atoms with Crippen LogP contribution in [-0.2, 0) is 27.7 Å². The molecule has 1 aromatic heterocycles. The molecule has 0 aliphatic heterocycles. The molecule has 0 bridgehead atoms. The lowest BCUT2D eigenvalue weighted by Crippen LogP contribution is -2.40. The van der Waals surface area contributed by atoms with Gasteiger partial charge in [0.25, 0.3) is 5.69 Å². The van der Waals surface area contributed by atoms with Crippen molar-refractivity contribution in [3.8, 4) is 0 Å². The molecule has 1 aliphatic carbocycles. The van der Waals surface area contributed by atoms with Crippen molar-refractivity contribution in [1.29, 1.82) is 0 Å². The van der Waals surface area contributed by atoms with Crippen LogP contribution in [0.1, 0.15) is 37.1 Å². The number of rotatable bonds is 7. The van der Waals surface area contributed by atoms with Crippen LogP contribution in [0.25, 0.3) is 10.9 Å². The van der Waals surface area contributed by atoms with E-state index in [2.05, 4.69) is 0 Å². The number of sulfonamides is 1. The van der Waals surface area contributed by atoms with Gasteiger partial charge in [0.2, 0.25) is 10.0 Å². The molecule has 2 aromatic carbocycles. The van der Waals surface area contributed by atoms with E-state index >= 15 is 0 Å². The Morgan fingerprint density at radius 3 is 2.56 bits per heavy atom. The van der Waals surface area contributed by atoms with Crippen LogP contribution >= 0.6 is 0 Å². The van der Waals surface area contributed by atoms with Gasteiger partial charge >= 0.3 is 5.97 Å². The molecule has 0 radical (unpaired) electrons. The minimum atomic E-state index is -3.94. The molecule has 180 valence electrons. The number of non-ortho nitro benzene ring substituents is 1. The number of fused-ring (bicyclic) bond motifs is 3. The zero-order valence-corrected chi connectivity index (χ0v) is 19.5. The van der Waals surface area contributed by atoms with E-state index in [0.717, 1.165) is 23.4 Å². The average molecular weight is 490 g/mol. The Morgan fingerprint density at radius 1 is 1.29 bits per heavy atom. The van der Waals surface area contributed by atoms with Crippen LogP contribution in [0.15, 0.2) is 47.4 Å². The smallest absolute Gasteiger partial charge is 0.326 e. The molecule has 2 atom stereocenters. The van der Waals surface area contributed by atoms with Crippen LogP contribution in [0, 0.1) is 15.9 Å². The van der Waals surface area contributed by atoms with Gasteiger partial charge < -0.3 is 9.67 Å². The minimum absolute atomic E-state index is 0.0585. The first kappa shape index (κ1) is 23.8. The lowest BCUT2D eigenvalue weighted by molar-refractivity contribution is -0.384. The van der Waals surface area contributed by atoms with E-state index in [-0.39, 0.29) is 10.6 Å². The third kappa shape index (κ3) is 3.94. The number of nitrogens with zero attached hydrogens (tertiary/aromatic N) is 3. The number of likely N-dealkylation sites (N-methyl/N-ethyl adjacent to an activating group) is 1. The number of nitro benzene ring substituents is 1. The molecule has 1 aliphatic rings. The summed E-state index contributed by atoms with van der Waals surface area (Å²) in [7, 11) is -2.48. The van der Waals surface area contributed by atoms with Gasteiger partial charge in [-0.3, -0.25) is 10.1 Å². The molecule has 0 spiro atoms. The second kappa shape index (κ2) is 8.80. The van der Waals surface area contributed by atoms with Gasteiger partial charge in [-0.15, -0.1) is 0 Å². The average Bonchev–Trinajstić information content (AvgIpc) is 3.11. The molecule has 34 heavy (non-hydrogen) atoms. The van der Waals surface area contributed by atoms with Crippen molar-refractivity contribution in [3.05, 3.63) is 69.7 Å². The molecule has 3 aromatic rings. The fourth-order valence-electron chi connectivity index (χ4n) is 4.78. The molecule has 0 saturated heterocycles. The van der Waals surface area contributed by atoms with Crippen LogP contribution in [-0.4, -0.2) is 46.4 Å². The molecule has 11 heteroatoms. The van der Waals surface area contributed by atoms with Crippen molar-refractivity contribution in [2.45, 2.75) is 49.6 Å². The SMILES string of the molecule is CCC(C(=O)O)n1c2c(c3cc(F)ccc31)C[C@@H](N(C)S(=O)(=O)c1ccc([N+](=O)[O-])cc1)CC2. The first-order valence-corrected chi connectivity index (χ1v) is 12.3. The van der Waals surface area contributed by atoms with Gasteiger partial charge in [0.15, 0.2) is 0 Å². The Bertz CT molecular complexity index is 1380. The number of aliphatic carboxylic acids is 1. The maximum Gasteiger partial charge on any atom is 0.326 e. The Labute approximate surface area is 195 Å². The Morgan fingerprint density at radius 2 is 1.97 bits per heavy atom. The van der Waals surface area contributed by atoms with E-state index in [4.69, 9.17) is 0 Å². The summed E-state index contributed by atoms with van der Waals surface area (Å²) < 4.78 is 43.5. The van der Waals surface area contributed by atoms with E-state index in [0.29, 0.717) is 36.6 Å². The molecule has 9 nitrogen and oxygen atoms in total. The number of hydrogen-bond donors (Lipinski definition) is 1. The molecule has 1 unspecified atom stereocenters. The summed E-state index contributed by atoms with van der Waals surface area (Å²) in [4.78, 5) is 22.2. The van der Waals surface area contributed by atoms with Crippen molar-refractivity contribution in [1.82, 2.24) is 8.87 Å². The first-order chi connectivity index (χ1) is 16.1. The normalized spacial score (nSPS) is 17.0. The minimum Gasteiger partial charge on any atom is -0.480 e. The number of halogens is 1. The van der Waals surface area contributed by atoms with Gasteiger partial charge in [0.05, 0.1) is 9.82 Å². The highest BCUT2D eigenvalue weighted by Gasteiger charge is 2.35. The molecule has 1 heterocycles. The quantitative estimate of drug-likeness (QED) is 0.397. The Hall–Kier alpha value is -3.31. The molecule has 4 rings (SSSR count). The number of carboxylic acids is 1. The molecular weight excluding hydrogens is 465 g/mol. The number of hydrogen-bond acceptors (Lipinski definition) is 5. The fourth-order valence-corrected chi connectivity index (χ4v) is 6.17. The fraction of sp³-hybridized carbons (Fsp3) is 0.348. The van der Waals surface area contributed by atoms with E-state index in [1.165, 1.54) is 35.6 Å². The monoisotopic (exact) mass is 489 g/mol. The number of nitro groups is 1. The summed E-state index contributed by atoms with van der Waals surface area (Å²) in [5.74, 6) is -1.43. The number of benzene rings is 2. The summed E-state index contributed by atoms with van der Waals surface area (Å²) in [6, 6.07) is 7.68. The molecule has 0 amide bonds. The number of carboxylic acid groups (broad SMARTS) is 1. The molecule has 0 saturated carbocycles. The van der Waals surface area contributed by atoms with Crippen molar-refractivity contribution in [2.24, 2.45) is 0 Å². The van der Waals surface area contributed by atoms with Crippen LogP contribution in [0.4, 0.5) is 10.1 Å². The van der Waals surface area contributed by atoms with Crippen molar-refractivity contribution in [3.63, 3.8) is 0 Å². The molecule has 1 N–H and O–H groups in total. The maximum absolute atomic E-state index is 14.1. The third-order valence-electron chi connectivity index (χ3n) is 6.56. The zero-order valence-electron chi connectivity index (χ0n) is 18.6. The largest absolute Gasteiger partial charge is 0.480 e. The summed E-state index contributed by atoms with van der Waals surface area (Å²) in [6.45, 7) is 1.77. The Balaban J connectivity index is 1.73. The third-order valence-corrected chi connectivity index (χ3v) is 8.48.